The second kappa shape index (κ2) is 11.0. The maximum atomic E-state index is 12.9. The van der Waals surface area contributed by atoms with Gasteiger partial charge in [-0.25, -0.2) is 10.3 Å². The Kier molecular flexibility index (Phi) is 9.33. The van der Waals surface area contributed by atoms with Gasteiger partial charge in [0.2, 0.25) is 5.91 Å². The second-order valence-electron chi connectivity index (χ2n) is 6.16. The first-order chi connectivity index (χ1) is 11.5. The van der Waals surface area contributed by atoms with E-state index in [4.69, 9.17) is 5.21 Å². The van der Waals surface area contributed by atoms with Gasteiger partial charge >= 0.3 is 6.03 Å². The number of urea groups is 1. The average Bonchev–Trinajstić information content (AvgIpc) is 2.62. The first-order valence-electron chi connectivity index (χ1n) is 8.70. The molecule has 1 saturated heterocycles. The third kappa shape index (κ3) is 6.09. The molecule has 24 heavy (non-hydrogen) atoms. The lowest BCUT2D eigenvalue weighted by atomic mass is 9.88. The molecule has 8 nitrogen and oxygen atoms in total. The zero-order chi connectivity index (χ0) is 17.9. The lowest BCUT2D eigenvalue weighted by Gasteiger charge is -2.36. The summed E-state index contributed by atoms with van der Waals surface area (Å²) in [5, 5.41) is 14.5. The smallest absolute Gasteiger partial charge is 0.317 e. The molecule has 138 valence electrons. The first-order valence-corrected chi connectivity index (χ1v) is 8.70. The highest BCUT2D eigenvalue weighted by Gasteiger charge is 2.36. The Morgan fingerprint density at radius 2 is 2.04 bits per heavy atom. The molecule has 0 saturated carbocycles. The van der Waals surface area contributed by atoms with Gasteiger partial charge < -0.3 is 15.5 Å². The number of hydrogen-bond donors (Lipinski definition) is 4. The van der Waals surface area contributed by atoms with Crippen LogP contribution in [0, 0.1) is 5.92 Å². The minimum atomic E-state index is -0.582. The number of nitrogens with one attached hydrogen (secondary N) is 3. The molecule has 1 heterocycles. The number of hydrogen-bond acceptors (Lipinski definition) is 5. The molecule has 3 amide bonds. The van der Waals surface area contributed by atoms with E-state index in [1.807, 2.05) is 0 Å². The zero-order valence-electron chi connectivity index (χ0n) is 14.6. The Balaban J connectivity index is 2.78. The molecule has 0 aromatic carbocycles. The molecule has 0 aromatic heterocycles. The van der Waals surface area contributed by atoms with Crippen LogP contribution >= 0.6 is 0 Å². The van der Waals surface area contributed by atoms with E-state index in [1.165, 1.54) is 11.9 Å². The quantitative estimate of drug-likeness (QED) is 0.279. The number of nitrogens with zero attached hydrogens (tertiary/aromatic N) is 1. The van der Waals surface area contributed by atoms with Gasteiger partial charge in [0.15, 0.2) is 5.78 Å². The summed E-state index contributed by atoms with van der Waals surface area (Å²) in [6, 6.07) is -0.868. The molecule has 1 rings (SSSR count). The summed E-state index contributed by atoms with van der Waals surface area (Å²) in [4.78, 5) is 38.0. The summed E-state index contributed by atoms with van der Waals surface area (Å²) in [7, 11) is 1.54. The predicted molar refractivity (Wildman–Crippen MR) is 89.6 cm³/mol. The van der Waals surface area contributed by atoms with Crippen molar-refractivity contribution in [3.63, 3.8) is 0 Å². The van der Waals surface area contributed by atoms with E-state index < -0.39 is 17.9 Å². The number of carbonyl (C=O) groups is 3. The fourth-order valence-electron chi connectivity index (χ4n) is 3.05. The molecule has 0 radical (unpaired) electrons. The molecule has 4 N–H and O–H groups in total. The molecule has 0 spiro atoms. The van der Waals surface area contributed by atoms with Gasteiger partial charge in [0.1, 0.15) is 6.04 Å². The zero-order valence-corrected chi connectivity index (χ0v) is 14.6. The van der Waals surface area contributed by atoms with Crippen LogP contribution in [0.25, 0.3) is 0 Å². The first kappa shape index (κ1) is 20.4. The van der Waals surface area contributed by atoms with Crippen LogP contribution in [0.5, 0.6) is 0 Å². The van der Waals surface area contributed by atoms with Crippen molar-refractivity contribution in [2.75, 3.05) is 26.7 Å². The number of piperazine rings is 1. The average molecular weight is 342 g/mol. The highest BCUT2D eigenvalue weighted by Crippen LogP contribution is 2.20. The SMILES string of the molecule is CCCCCC[C@H](CC(=O)NO)C(=O)[C@@H]1CNCCN1C(=O)NC. The van der Waals surface area contributed by atoms with Crippen molar-refractivity contribution < 1.29 is 19.6 Å². The summed E-state index contributed by atoms with van der Waals surface area (Å²) in [6.45, 7) is 3.58. The topological polar surface area (TPSA) is 111 Å². The summed E-state index contributed by atoms with van der Waals surface area (Å²) in [5.41, 5.74) is 1.60. The van der Waals surface area contributed by atoms with E-state index in [2.05, 4.69) is 17.6 Å². The van der Waals surface area contributed by atoms with E-state index in [9.17, 15) is 14.4 Å². The Morgan fingerprint density at radius 1 is 1.29 bits per heavy atom. The van der Waals surface area contributed by atoms with Gasteiger partial charge in [0.25, 0.3) is 0 Å². The van der Waals surface area contributed by atoms with Crippen LogP contribution in [0.1, 0.15) is 45.4 Å². The number of ketones is 1. The molecule has 0 unspecified atom stereocenters. The third-order valence-corrected chi connectivity index (χ3v) is 4.41. The van der Waals surface area contributed by atoms with Gasteiger partial charge in [-0.1, -0.05) is 32.6 Å². The Hall–Kier alpha value is -1.67. The molecule has 8 heteroatoms. The Bertz CT molecular complexity index is 430. The summed E-state index contributed by atoms with van der Waals surface area (Å²) < 4.78 is 0. The predicted octanol–water partition coefficient (Wildman–Crippen LogP) is 0.651. The standard InChI is InChI=1S/C16H30N4O4/c1-3-4-5-6-7-12(10-14(21)19-24)15(22)13-11-18-8-9-20(13)16(23)17-2/h12-13,18,24H,3-11H2,1-2H3,(H,17,23)(H,19,21)/t12-,13+/m1/s1. The van der Waals surface area contributed by atoms with Gasteiger partial charge in [-0.05, 0) is 6.42 Å². The number of unbranched alkanes of at least 4 members (excludes halogenated alkanes) is 3. The molecule has 2 atom stereocenters. The highest BCUT2D eigenvalue weighted by molar-refractivity contribution is 5.93. The van der Waals surface area contributed by atoms with Gasteiger partial charge in [-0.15, -0.1) is 0 Å². The fourth-order valence-corrected chi connectivity index (χ4v) is 3.05. The van der Waals surface area contributed by atoms with Crippen molar-refractivity contribution in [3.05, 3.63) is 0 Å². The molecule has 0 aromatic rings. The number of hydroxylamine groups is 1. The molecular weight excluding hydrogens is 312 g/mol. The molecular formula is C16H30N4O4. The van der Waals surface area contributed by atoms with Crippen molar-refractivity contribution in [3.8, 4) is 0 Å². The maximum Gasteiger partial charge on any atom is 0.317 e. The van der Waals surface area contributed by atoms with E-state index in [1.54, 1.807) is 5.48 Å². The normalized spacial score (nSPS) is 18.8. The van der Waals surface area contributed by atoms with Crippen LogP contribution in [-0.2, 0) is 9.59 Å². The van der Waals surface area contributed by atoms with Crippen LogP contribution in [0.4, 0.5) is 4.79 Å². The van der Waals surface area contributed by atoms with Crippen molar-refractivity contribution >= 4 is 17.7 Å². The summed E-state index contributed by atoms with van der Waals surface area (Å²) in [6.07, 6.45) is 4.56. The summed E-state index contributed by atoms with van der Waals surface area (Å²) >= 11 is 0. The Morgan fingerprint density at radius 3 is 2.67 bits per heavy atom. The lowest BCUT2D eigenvalue weighted by molar-refractivity contribution is -0.136. The van der Waals surface area contributed by atoms with Crippen molar-refractivity contribution in [2.45, 2.75) is 51.5 Å². The number of amides is 3. The fraction of sp³-hybridized carbons (Fsp3) is 0.812. The van der Waals surface area contributed by atoms with Gasteiger partial charge in [-0.2, -0.15) is 0 Å². The minimum absolute atomic E-state index is 0.0560. The van der Waals surface area contributed by atoms with Gasteiger partial charge in [0.05, 0.1) is 0 Å². The molecule has 1 aliphatic heterocycles. The van der Waals surface area contributed by atoms with Gasteiger partial charge in [-0.3, -0.25) is 14.8 Å². The van der Waals surface area contributed by atoms with Crippen molar-refractivity contribution in [2.24, 2.45) is 5.92 Å². The van der Waals surface area contributed by atoms with Crippen LogP contribution in [0.3, 0.4) is 0 Å². The Labute approximate surface area is 143 Å². The van der Waals surface area contributed by atoms with Crippen LogP contribution in [0.15, 0.2) is 0 Å². The monoisotopic (exact) mass is 342 g/mol. The molecule has 0 aliphatic carbocycles. The van der Waals surface area contributed by atoms with Crippen LogP contribution in [-0.4, -0.2) is 60.6 Å². The van der Waals surface area contributed by atoms with E-state index >= 15 is 0 Å². The lowest BCUT2D eigenvalue weighted by Crippen LogP contribution is -2.60. The minimum Gasteiger partial charge on any atom is -0.341 e. The van der Waals surface area contributed by atoms with E-state index in [0.717, 1.165) is 25.7 Å². The largest absolute Gasteiger partial charge is 0.341 e. The molecule has 1 aliphatic rings. The molecule has 0 bridgehead atoms. The third-order valence-electron chi connectivity index (χ3n) is 4.41. The van der Waals surface area contributed by atoms with Gasteiger partial charge in [0, 0.05) is 39.0 Å². The number of rotatable bonds is 9. The molecule has 1 fully saturated rings. The van der Waals surface area contributed by atoms with Crippen LogP contribution in [0.2, 0.25) is 0 Å². The maximum absolute atomic E-state index is 12.9. The van der Waals surface area contributed by atoms with Crippen molar-refractivity contribution in [1.82, 2.24) is 21.0 Å². The van der Waals surface area contributed by atoms with Crippen LogP contribution < -0.4 is 16.1 Å². The van der Waals surface area contributed by atoms with E-state index in [-0.39, 0.29) is 18.2 Å². The summed E-state index contributed by atoms with van der Waals surface area (Å²) in [5.74, 6) is -1.18. The number of Topliss-reactive ketones (excluding diaryl/α,β-unsaturated/α-hetero) is 1. The number of carbonyl (C=O) groups excluding carboxylic acids is 3. The second-order valence-corrected chi connectivity index (χ2v) is 6.16. The highest BCUT2D eigenvalue weighted by atomic mass is 16.5. The van der Waals surface area contributed by atoms with Crippen molar-refractivity contribution in [1.29, 1.82) is 0 Å². The van der Waals surface area contributed by atoms with E-state index in [0.29, 0.717) is 26.1 Å².